The van der Waals surface area contributed by atoms with Crippen LogP contribution in [0.4, 0.5) is 8.78 Å². The number of benzene rings is 1. The van der Waals surface area contributed by atoms with Gasteiger partial charge in [-0.05, 0) is 43.2 Å². The van der Waals surface area contributed by atoms with Gasteiger partial charge >= 0.3 is 0 Å². The van der Waals surface area contributed by atoms with Crippen LogP contribution in [0.25, 0.3) is 0 Å². The van der Waals surface area contributed by atoms with Gasteiger partial charge in [0.15, 0.2) is 11.6 Å². The normalized spacial score (nSPS) is 27.6. The Labute approximate surface area is 112 Å². The summed E-state index contributed by atoms with van der Waals surface area (Å²) in [5.74, 6) is -0.309. The van der Waals surface area contributed by atoms with Crippen molar-refractivity contribution in [3.8, 4) is 5.75 Å². The standard InChI is InChI=1S/C15H20F2O2/c1-9(2)10-3-6-13(18)15(7-10)19-14-8-11(16)4-5-12(14)17/h4-5,8-10,13,15,18H,3,6-7H2,1-2H3. The molecular weight excluding hydrogens is 250 g/mol. The predicted octanol–water partition coefficient (Wildman–Crippen LogP) is 3.53. The van der Waals surface area contributed by atoms with Crippen LogP contribution in [0.1, 0.15) is 33.1 Å². The molecule has 0 amide bonds. The summed E-state index contributed by atoms with van der Waals surface area (Å²) in [6.07, 6.45) is 1.19. The second-order valence-corrected chi connectivity index (χ2v) is 5.62. The molecule has 19 heavy (non-hydrogen) atoms. The zero-order valence-electron chi connectivity index (χ0n) is 11.3. The van der Waals surface area contributed by atoms with E-state index in [4.69, 9.17) is 4.74 Å². The van der Waals surface area contributed by atoms with Gasteiger partial charge in [-0.15, -0.1) is 0 Å². The van der Waals surface area contributed by atoms with E-state index >= 15 is 0 Å². The Morgan fingerprint density at radius 1 is 1.26 bits per heavy atom. The molecule has 106 valence electrons. The first kappa shape index (κ1) is 14.3. The molecule has 0 bridgehead atoms. The third kappa shape index (κ3) is 3.44. The second-order valence-electron chi connectivity index (χ2n) is 5.62. The Morgan fingerprint density at radius 3 is 2.68 bits per heavy atom. The van der Waals surface area contributed by atoms with Crippen LogP contribution in [-0.2, 0) is 0 Å². The van der Waals surface area contributed by atoms with Gasteiger partial charge in [-0.1, -0.05) is 13.8 Å². The molecule has 1 aliphatic carbocycles. The highest BCUT2D eigenvalue weighted by Gasteiger charge is 2.32. The van der Waals surface area contributed by atoms with Crippen molar-refractivity contribution in [1.29, 1.82) is 0 Å². The van der Waals surface area contributed by atoms with Crippen molar-refractivity contribution < 1.29 is 18.6 Å². The number of aliphatic hydroxyl groups excluding tert-OH is 1. The lowest BCUT2D eigenvalue weighted by Gasteiger charge is -2.35. The molecule has 3 atom stereocenters. The van der Waals surface area contributed by atoms with E-state index < -0.39 is 23.8 Å². The molecule has 2 nitrogen and oxygen atoms in total. The van der Waals surface area contributed by atoms with Crippen molar-refractivity contribution >= 4 is 0 Å². The van der Waals surface area contributed by atoms with Gasteiger partial charge in [-0.2, -0.15) is 0 Å². The van der Waals surface area contributed by atoms with Crippen LogP contribution >= 0.6 is 0 Å². The molecule has 1 N–H and O–H groups in total. The van der Waals surface area contributed by atoms with E-state index in [1.165, 1.54) is 0 Å². The molecule has 1 saturated carbocycles. The van der Waals surface area contributed by atoms with Gasteiger partial charge in [0, 0.05) is 6.07 Å². The number of aliphatic hydroxyl groups is 1. The first-order chi connectivity index (χ1) is 8.97. The maximum atomic E-state index is 13.5. The van der Waals surface area contributed by atoms with Gasteiger partial charge in [-0.25, -0.2) is 8.78 Å². The summed E-state index contributed by atoms with van der Waals surface area (Å²) in [6.45, 7) is 4.25. The molecular formula is C15H20F2O2. The summed E-state index contributed by atoms with van der Waals surface area (Å²) in [4.78, 5) is 0. The molecule has 0 saturated heterocycles. The highest BCUT2D eigenvalue weighted by Crippen LogP contribution is 2.33. The van der Waals surface area contributed by atoms with Crippen LogP contribution < -0.4 is 4.74 Å². The van der Waals surface area contributed by atoms with Crippen molar-refractivity contribution in [3.05, 3.63) is 29.8 Å². The second kappa shape index (κ2) is 5.87. The molecule has 0 aliphatic heterocycles. The zero-order valence-corrected chi connectivity index (χ0v) is 11.3. The summed E-state index contributed by atoms with van der Waals surface area (Å²) in [6, 6.07) is 3.12. The van der Waals surface area contributed by atoms with Crippen LogP contribution in [0.5, 0.6) is 5.75 Å². The van der Waals surface area contributed by atoms with E-state index in [2.05, 4.69) is 13.8 Å². The van der Waals surface area contributed by atoms with Gasteiger partial charge in [0.2, 0.25) is 0 Å². The minimum atomic E-state index is -0.613. The minimum absolute atomic E-state index is 0.117. The average molecular weight is 270 g/mol. The number of hydrogen-bond acceptors (Lipinski definition) is 2. The number of ether oxygens (including phenoxy) is 1. The number of rotatable bonds is 3. The van der Waals surface area contributed by atoms with Gasteiger partial charge in [0.1, 0.15) is 11.9 Å². The highest BCUT2D eigenvalue weighted by atomic mass is 19.1. The molecule has 1 aliphatic rings. The molecule has 0 spiro atoms. The summed E-state index contributed by atoms with van der Waals surface area (Å²) in [5.41, 5.74) is 0. The molecule has 1 fully saturated rings. The maximum absolute atomic E-state index is 13.5. The van der Waals surface area contributed by atoms with Gasteiger partial charge < -0.3 is 9.84 Å². The highest BCUT2D eigenvalue weighted by molar-refractivity contribution is 5.25. The van der Waals surface area contributed by atoms with Gasteiger partial charge in [-0.3, -0.25) is 0 Å². The summed E-state index contributed by atoms with van der Waals surface area (Å²) in [5, 5.41) is 9.95. The first-order valence-corrected chi connectivity index (χ1v) is 6.77. The SMILES string of the molecule is CC(C)C1CCC(O)C(Oc2cc(F)ccc2F)C1. The van der Waals surface area contributed by atoms with Crippen LogP contribution in [0.3, 0.4) is 0 Å². The van der Waals surface area contributed by atoms with E-state index in [0.717, 1.165) is 24.6 Å². The molecule has 1 aromatic carbocycles. The van der Waals surface area contributed by atoms with E-state index in [1.807, 2.05) is 0 Å². The molecule has 0 radical (unpaired) electrons. The molecule has 0 heterocycles. The summed E-state index contributed by atoms with van der Waals surface area (Å²) >= 11 is 0. The van der Waals surface area contributed by atoms with Crippen molar-refractivity contribution in [2.24, 2.45) is 11.8 Å². The summed E-state index contributed by atoms with van der Waals surface area (Å²) < 4.78 is 32.1. The van der Waals surface area contributed by atoms with Gasteiger partial charge in [0.25, 0.3) is 0 Å². The van der Waals surface area contributed by atoms with Crippen molar-refractivity contribution in [3.63, 3.8) is 0 Å². The largest absolute Gasteiger partial charge is 0.485 e. The van der Waals surface area contributed by atoms with E-state index in [1.54, 1.807) is 0 Å². The molecule has 1 aromatic rings. The lowest BCUT2D eigenvalue weighted by molar-refractivity contribution is -0.0194. The van der Waals surface area contributed by atoms with Crippen LogP contribution in [0, 0.1) is 23.5 Å². The molecule has 4 heteroatoms. The molecule has 2 rings (SSSR count). The summed E-state index contributed by atoms with van der Waals surface area (Å²) in [7, 11) is 0. The number of hydrogen-bond donors (Lipinski definition) is 1. The lowest BCUT2D eigenvalue weighted by Crippen LogP contribution is -2.39. The van der Waals surface area contributed by atoms with Crippen LogP contribution in [0.15, 0.2) is 18.2 Å². The Hall–Kier alpha value is -1.16. The van der Waals surface area contributed by atoms with Crippen LogP contribution in [0.2, 0.25) is 0 Å². The fraction of sp³-hybridized carbons (Fsp3) is 0.600. The quantitative estimate of drug-likeness (QED) is 0.910. The fourth-order valence-corrected chi connectivity index (χ4v) is 2.61. The molecule has 0 aromatic heterocycles. The monoisotopic (exact) mass is 270 g/mol. The van der Waals surface area contributed by atoms with Crippen LogP contribution in [-0.4, -0.2) is 17.3 Å². The molecule has 3 unspecified atom stereocenters. The third-order valence-corrected chi connectivity index (χ3v) is 3.91. The Kier molecular flexibility index (Phi) is 4.40. The van der Waals surface area contributed by atoms with Crippen molar-refractivity contribution in [2.75, 3.05) is 0 Å². The minimum Gasteiger partial charge on any atom is -0.485 e. The van der Waals surface area contributed by atoms with Crippen molar-refractivity contribution in [1.82, 2.24) is 0 Å². The zero-order chi connectivity index (χ0) is 14.0. The Balaban J connectivity index is 2.09. The lowest BCUT2D eigenvalue weighted by atomic mass is 9.79. The first-order valence-electron chi connectivity index (χ1n) is 6.77. The average Bonchev–Trinajstić information content (AvgIpc) is 2.36. The smallest absolute Gasteiger partial charge is 0.165 e. The Bertz CT molecular complexity index is 434. The van der Waals surface area contributed by atoms with Crippen molar-refractivity contribution in [2.45, 2.75) is 45.3 Å². The topological polar surface area (TPSA) is 29.5 Å². The Morgan fingerprint density at radius 2 is 2.00 bits per heavy atom. The maximum Gasteiger partial charge on any atom is 0.165 e. The predicted molar refractivity (Wildman–Crippen MR) is 69.0 cm³/mol. The van der Waals surface area contributed by atoms with E-state index in [-0.39, 0.29) is 5.75 Å². The fourth-order valence-electron chi connectivity index (χ4n) is 2.61. The van der Waals surface area contributed by atoms with E-state index in [0.29, 0.717) is 24.7 Å². The van der Waals surface area contributed by atoms with E-state index in [9.17, 15) is 13.9 Å². The third-order valence-electron chi connectivity index (χ3n) is 3.91. The number of halogens is 2. The van der Waals surface area contributed by atoms with Gasteiger partial charge in [0.05, 0.1) is 6.10 Å².